The number of nitrogens with zero attached hydrogens (tertiary/aromatic N) is 1. The van der Waals surface area contributed by atoms with E-state index >= 15 is 0 Å². The third-order valence-corrected chi connectivity index (χ3v) is 3.50. The molecule has 0 bridgehead atoms. The zero-order chi connectivity index (χ0) is 10.7. The zero-order valence-electron chi connectivity index (χ0n) is 8.40. The highest BCUT2D eigenvalue weighted by molar-refractivity contribution is 7.99. The van der Waals surface area contributed by atoms with Gasteiger partial charge in [0.1, 0.15) is 6.04 Å². The number of carbonyl (C=O) groups excluding carboxylic acids is 1. The summed E-state index contributed by atoms with van der Waals surface area (Å²) in [5, 5.41) is 8.88. The summed E-state index contributed by atoms with van der Waals surface area (Å²) in [5.41, 5.74) is 0. The lowest BCUT2D eigenvalue weighted by atomic mass is 10.1. The molecule has 0 unspecified atom stereocenters. The number of rotatable bonds is 3. The largest absolute Gasteiger partial charge is 0.480 e. The number of amides is 1. The monoisotopic (exact) mass is 217 g/mol. The topological polar surface area (TPSA) is 57.6 Å². The van der Waals surface area contributed by atoms with Gasteiger partial charge in [-0.1, -0.05) is 13.8 Å². The summed E-state index contributed by atoms with van der Waals surface area (Å²) >= 11 is 1.50. The highest BCUT2D eigenvalue weighted by Crippen LogP contribution is 2.23. The van der Waals surface area contributed by atoms with E-state index in [1.54, 1.807) is 0 Å². The number of thioether (sulfide) groups is 1. The van der Waals surface area contributed by atoms with Crippen molar-refractivity contribution in [3.63, 3.8) is 0 Å². The Morgan fingerprint density at radius 2 is 2.29 bits per heavy atom. The van der Waals surface area contributed by atoms with Crippen molar-refractivity contribution in [3.05, 3.63) is 0 Å². The maximum Gasteiger partial charge on any atom is 0.327 e. The van der Waals surface area contributed by atoms with Gasteiger partial charge in [-0.15, -0.1) is 11.8 Å². The van der Waals surface area contributed by atoms with E-state index in [0.29, 0.717) is 11.6 Å². The highest BCUT2D eigenvalue weighted by atomic mass is 32.2. The summed E-state index contributed by atoms with van der Waals surface area (Å²) in [5.74, 6) is 0.0181. The van der Waals surface area contributed by atoms with Crippen LogP contribution in [0.25, 0.3) is 0 Å². The molecule has 0 saturated carbocycles. The molecule has 1 fully saturated rings. The third-order valence-electron chi connectivity index (χ3n) is 2.48. The van der Waals surface area contributed by atoms with Crippen LogP contribution in [0.3, 0.4) is 0 Å². The summed E-state index contributed by atoms with van der Waals surface area (Å²) in [6.07, 6.45) is 0.756. The summed E-state index contributed by atoms with van der Waals surface area (Å²) in [6.45, 7) is 3.77. The van der Waals surface area contributed by atoms with Crippen LogP contribution in [0.1, 0.15) is 20.3 Å². The van der Waals surface area contributed by atoms with Crippen LogP contribution in [-0.4, -0.2) is 39.6 Å². The summed E-state index contributed by atoms with van der Waals surface area (Å²) in [4.78, 5) is 24.0. The fraction of sp³-hybridized carbons (Fsp3) is 0.778. The van der Waals surface area contributed by atoms with E-state index in [1.807, 2.05) is 13.8 Å². The van der Waals surface area contributed by atoms with Crippen LogP contribution < -0.4 is 0 Å². The van der Waals surface area contributed by atoms with Gasteiger partial charge in [0.15, 0.2) is 0 Å². The lowest BCUT2D eigenvalue weighted by Gasteiger charge is -2.23. The van der Waals surface area contributed by atoms with Crippen LogP contribution in [0.5, 0.6) is 0 Å². The van der Waals surface area contributed by atoms with Crippen LogP contribution in [0.2, 0.25) is 0 Å². The number of carbonyl (C=O) groups is 2. The molecule has 1 saturated heterocycles. The molecule has 1 aliphatic heterocycles. The molecule has 80 valence electrons. The molecule has 0 aromatic carbocycles. The average molecular weight is 217 g/mol. The molecule has 14 heavy (non-hydrogen) atoms. The van der Waals surface area contributed by atoms with E-state index in [1.165, 1.54) is 16.7 Å². The number of carboxylic acid groups (broad SMARTS) is 1. The molecule has 0 radical (unpaired) electrons. The van der Waals surface area contributed by atoms with Crippen LogP contribution in [-0.2, 0) is 9.59 Å². The number of hydrogen-bond acceptors (Lipinski definition) is 3. The molecule has 2 atom stereocenters. The van der Waals surface area contributed by atoms with Gasteiger partial charge in [0.2, 0.25) is 5.91 Å². The highest BCUT2D eigenvalue weighted by Gasteiger charge is 2.35. The molecule has 0 spiro atoms. The second-order valence-corrected chi connectivity index (χ2v) is 4.47. The molecular formula is C9H15NO3S. The molecule has 1 N–H and O–H groups in total. The van der Waals surface area contributed by atoms with E-state index in [0.717, 1.165) is 6.42 Å². The van der Waals surface area contributed by atoms with Gasteiger partial charge < -0.3 is 10.0 Å². The fourth-order valence-corrected chi connectivity index (χ4v) is 2.48. The SMILES string of the molecule is CC[C@H](C)C(=O)N1CSC[C@H]1C(=O)O. The zero-order valence-corrected chi connectivity index (χ0v) is 9.21. The van der Waals surface area contributed by atoms with Gasteiger partial charge in [-0.2, -0.15) is 0 Å². The molecule has 1 aliphatic rings. The van der Waals surface area contributed by atoms with Gasteiger partial charge in [-0.3, -0.25) is 4.79 Å². The van der Waals surface area contributed by atoms with Gasteiger partial charge in [0.25, 0.3) is 0 Å². The van der Waals surface area contributed by atoms with Crippen molar-refractivity contribution < 1.29 is 14.7 Å². The van der Waals surface area contributed by atoms with Crippen molar-refractivity contribution in [1.29, 1.82) is 0 Å². The quantitative estimate of drug-likeness (QED) is 0.766. The van der Waals surface area contributed by atoms with Crippen molar-refractivity contribution in [3.8, 4) is 0 Å². The minimum absolute atomic E-state index is 0.0371. The molecule has 0 aromatic heterocycles. The summed E-state index contributed by atoms with van der Waals surface area (Å²) in [6, 6.07) is -0.624. The first-order chi connectivity index (χ1) is 6.57. The minimum atomic E-state index is -0.897. The third kappa shape index (κ3) is 2.20. The first-order valence-corrected chi connectivity index (χ1v) is 5.84. The molecule has 5 heteroatoms. The Kier molecular flexibility index (Phi) is 3.80. The average Bonchev–Trinajstić information content (AvgIpc) is 2.63. The molecule has 1 amide bonds. The molecule has 4 nitrogen and oxygen atoms in total. The molecule has 0 aromatic rings. The van der Waals surface area contributed by atoms with Crippen molar-refractivity contribution >= 4 is 23.6 Å². The number of hydrogen-bond donors (Lipinski definition) is 1. The Morgan fingerprint density at radius 1 is 1.64 bits per heavy atom. The lowest BCUT2D eigenvalue weighted by Crippen LogP contribution is -2.43. The van der Waals surface area contributed by atoms with E-state index in [9.17, 15) is 9.59 Å². The predicted octanol–water partition coefficient (Wildman–Crippen LogP) is 1.02. The van der Waals surface area contributed by atoms with E-state index in [2.05, 4.69) is 0 Å². The second-order valence-electron chi connectivity index (χ2n) is 3.47. The van der Waals surface area contributed by atoms with Crippen LogP contribution in [0.15, 0.2) is 0 Å². The Hall–Kier alpha value is -0.710. The Morgan fingerprint density at radius 3 is 2.79 bits per heavy atom. The molecule has 1 rings (SSSR count). The van der Waals surface area contributed by atoms with Crippen molar-refractivity contribution in [2.45, 2.75) is 26.3 Å². The maximum atomic E-state index is 11.7. The van der Waals surface area contributed by atoms with Gasteiger partial charge in [-0.05, 0) is 6.42 Å². The Balaban J connectivity index is 2.67. The van der Waals surface area contributed by atoms with Gasteiger partial charge in [-0.25, -0.2) is 4.79 Å². The maximum absolute atomic E-state index is 11.7. The fourth-order valence-electron chi connectivity index (χ4n) is 1.32. The van der Waals surface area contributed by atoms with Crippen LogP contribution >= 0.6 is 11.8 Å². The lowest BCUT2D eigenvalue weighted by molar-refractivity contribution is -0.149. The smallest absolute Gasteiger partial charge is 0.327 e. The summed E-state index contributed by atoms with van der Waals surface area (Å²) in [7, 11) is 0. The van der Waals surface area contributed by atoms with Crippen molar-refractivity contribution in [2.75, 3.05) is 11.6 Å². The first kappa shape index (κ1) is 11.4. The van der Waals surface area contributed by atoms with Crippen LogP contribution in [0, 0.1) is 5.92 Å². The predicted molar refractivity (Wildman–Crippen MR) is 55.0 cm³/mol. The number of carboxylic acids is 1. The van der Waals surface area contributed by atoms with Gasteiger partial charge in [0, 0.05) is 11.7 Å². The Bertz CT molecular complexity index is 244. The van der Waals surface area contributed by atoms with Crippen molar-refractivity contribution in [1.82, 2.24) is 4.90 Å². The molecular weight excluding hydrogens is 202 g/mol. The number of aliphatic carboxylic acids is 1. The minimum Gasteiger partial charge on any atom is -0.480 e. The molecule has 1 heterocycles. The molecule has 0 aliphatic carbocycles. The van der Waals surface area contributed by atoms with E-state index < -0.39 is 12.0 Å². The Labute approximate surface area is 87.7 Å². The standard InChI is InChI=1S/C9H15NO3S/c1-3-6(2)8(11)10-5-14-4-7(10)9(12)13/h6-7H,3-5H2,1-2H3,(H,12,13)/t6-,7-/m0/s1. The van der Waals surface area contributed by atoms with Gasteiger partial charge in [0.05, 0.1) is 5.88 Å². The van der Waals surface area contributed by atoms with Gasteiger partial charge >= 0.3 is 5.97 Å². The first-order valence-electron chi connectivity index (χ1n) is 4.69. The van der Waals surface area contributed by atoms with Crippen LogP contribution in [0.4, 0.5) is 0 Å². The van der Waals surface area contributed by atoms with Crippen molar-refractivity contribution in [2.24, 2.45) is 5.92 Å². The summed E-state index contributed by atoms with van der Waals surface area (Å²) < 4.78 is 0. The second kappa shape index (κ2) is 4.68. The van der Waals surface area contributed by atoms with E-state index in [4.69, 9.17) is 5.11 Å². The van der Waals surface area contributed by atoms with E-state index in [-0.39, 0.29) is 11.8 Å². The normalized spacial score (nSPS) is 23.6.